The van der Waals surface area contributed by atoms with Gasteiger partial charge in [-0.25, -0.2) is 0 Å². The average molecular weight is 277 g/mol. The first kappa shape index (κ1) is 21.3. The van der Waals surface area contributed by atoms with E-state index in [-0.39, 0.29) is 0 Å². The minimum Gasteiger partial charge on any atom is -0.103 e. The molecule has 116 valence electrons. The third-order valence-electron chi connectivity index (χ3n) is 3.07. The van der Waals surface area contributed by atoms with Gasteiger partial charge >= 0.3 is 0 Å². The first-order chi connectivity index (χ1) is 9.51. The van der Waals surface area contributed by atoms with Crippen LogP contribution in [0.25, 0.3) is 0 Å². The molecule has 0 saturated carbocycles. The van der Waals surface area contributed by atoms with E-state index in [0.717, 1.165) is 19.3 Å². The van der Waals surface area contributed by atoms with E-state index in [9.17, 15) is 0 Å². The second-order valence-corrected chi connectivity index (χ2v) is 5.58. The van der Waals surface area contributed by atoms with Gasteiger partial charge in [-0.3, -0.25) is 0 Å². The zero-order valence-electron chi connectivity index (χ0n) is 14.4. The molecule has 0 aliphatic carbocycles. The zero-order valence-corrected chi connectivity index (χ0v) is 14.4. The second kappa shape index (κ2) is 16.0. The van der Waals surface area contributed by atoms with Crippen LogP contribution in [0, 0.1) is 5.92 Å². The number of hydrogen-bond donors (Lipinski definition) is 0. The average Bonchev–Trinajstić information content (AvgIpc) is 2.40. The lowest BCUT2D eigenvalue weighted by atomic mass is 9.95. The number of rotatable bonds is 10. The largest absolute Gasteiger partial charge is 0.103 e. The van der Waals surface area contributed by atoms with Crippen LogP contribution >= 0.6 is 0 Å². The minimum atomic E-state index is 0.604. The van der Waals surface area contributed by atoms with Crippen LogP contribution in [-0.2, 0) is 0 Å². The standard InChI is InChI=1S/C15H26.C5H10/c1-6-9-15(12-14(5)7-2)11-8-10-13(3)4;1-3-5-4-2/h7,9,14H,2-3,6,8,10-12H2,1,4-5H3;3H,1,4-5H2,2H3. The molecular formula is C20H36. The van der Waals surface area contributed by atoms with Crippen molar-refractivity contribution in [3.05, 3.63) is 49.1 Å². The van der Waals surface area contributed by atoms with Crippen molar-refractivity contribution in [3.8, 4) is 0 Å². The number of hydrogen-bond acceptors (Lipinski definition) is 0. The van der Waals surface area contributed by atoms with Gasteiger partial charge in [-0.15, -0.1) is 19.7 Å². The van der Waals surface area contributed by atoms with Crippen LogP contribution in [0.1, 0.15) is 72.6 Å². The molecule has 0 aromatic heterocycles. The minimum absolute atomic E-state index is 0.604. The molecule has 1 atom stereocenters. The highest BCUT2D eigenvalue weighted by Gasteiger charge is 2.02. The Morgan fingerprint density at radius 1 is 1.15 bits per heavy atom. The van der Waals surface area contributed by atoms with Gasteiger partial charge in [0, 0.05) is 0 Å². The summed E-state index contributed by atoms with van der Waals surface area (Å²) in [4.78, 5) is 0. The molecule has 0 aromatic carbocycles. The Balaban J connectivity index is 0. The van der Waals surface area contributed by atoms with Gasteiger partial charge in [0.25, 0.3) is 0 Å². The van der Waals surface area contributed by atoms with Gasteiger partial charge in [-0.2, -0.15) is 0 Å². The first-order valence-electron chi connectivity index (χ1n) is 8.07. The molecule has 0 bridgehead atoms. The highest BCUT2D eigenvalue weighted by Crippen LogP contribution is 2.19. The summed E-state index contributed by atoms with van der Waals surface area (Å²) in [6, 6.07) is 0. The van der Waals surface area contributed by atoms with E-state index in [1.807, 2.05) is 12.2 Å². The first-order valence-corrected chi connectivity index (χ1v) is 8.07. The van der Waals surface area contributed by atoms with Crippen molar-refractivity contribution < 1.29 is 0 Å². The van der Waals surface area contributed by atoms with Crippen LogP contribution in [0.15, 0.2) is 49.1 Å². The molecule has 0 heterocycles. The lowest BCUT2D eigenvalue weighted by Gasteiger charge is -2.10. The summed E-state index contributed by atoms with van der Waals surface area (Å²) >= 11 is 0. The van der Waals surface area contributed by atoms with Crippen LogP contribution < -0.4 is 0 Å². The van der Waals surface area contributed by atoms with E-state index in [0.29, 0.717) is 5.92 Å². The molecule has 20 heavy (non-hydrogen) atoms. The van der Waals surface area contributed by atoms with Crippen LogP contribution in [-0.4, -0.2) is 0 Å². The van der Waals surface area contributed by atoms with Crippen molar-refractivity contribution in [1.29, 1.82) is 0 Å². The van der Waals surface area contributed by atoms with Crippen molar-refractivity contribution >= 4 is 0 Å². The van der Waals surface area contributed by atoms with Crippen LogP contribution in [0.3, 0.4) is 0 Å². The van der Waals surface area contributed by atoms with Gasteiger partial charge in [0.1, 0.15) is 0 Å². The number of unbranched alkanes of at least 4 members (excludes halogenated alkanes) is 1. The predicted octanol–water partition coefficient (Wildman–Crippen LogP) is 7.25. The second-order valence-electron chi connectivity index (χ2n) is 5.58. The third kappa shape index (κ3) is 17.0. The van der Waals surface area contributed by atoms with Crippen molar-refractivity contribution in [2.45, 2.75) is 72.6 Å². The predicted molar refractivity (Wildman–Crippen MR) is 96.1 cm³/mol. The molecule has 0 fully saturated rings. The molecule has 0 saturated heterocycles. The maximum atomic E-state index is 3.94. The van der Waals surface area contributed by atoms with Crippen molar-refractivity contribution in [1.82, 2.24) is 0 Å². The Hall–Kier alpha value is -1.04. The summed E-state index contributed by atoms with van der Waals surface area (Å²) < 4.78 is 0. The molecule has 0 N–H and O–H groups in total. The molecule has 0 amide bonds. The summed E-state index contributed by atoms with van der Waals surface area (Å²) in [7, 11) is 0. The molecule has 0 rings (SSSR count). The normalized spacial score (nSPS) is 12.1. The smallest absolute Gasteiger partial charge is 0.0227 e. The fraction of sp³-hybridized carbons (Fsp3) is 0.600. The van der Waals surface area contributed by atoms with E-state index in [2.05, 4.69) is 53.5 Å². The zero-order chi connectivity index (χ0) is 15.8. The van der Waals surface area contributed by atoms with Crippen molar-refractivity contribution in [2.24, 2.45) is 5.92 Å². The van der Waals surface area contributed by atoms with Gasteiger partial charge < -0.3 is 0 Å². The Morgan fingerprint density at radius 2 is 1.80 bits per heavy atom. The van der Waals surface area contributed by atoms with Crippen molar-refractivity contribution in [3.63, 3.8) is 0 Å². The molecule has 1 unspecified atom stereocenters. The van der Waals surface area contributed by atoms with E-state index >= 15 is 0 Å². The Labute approximate surface area is 128 Å². The van der Waals surface area contributed by atoms with E-state index in [1.165, 1.54) is 31.3 Å². The summed E-state index contributed by atoms with van der Waals surface area (Å²) in [6.45, 7) is 20.0. The van der Waals surface area contributed by atoms with Gasteiger partial charge in [0.2, 0.25) is 0 Å². The monoisotopic (exact) mass is 276 g/mol. The van der Waals surface area contributed by atoms with E-state index in [4.69, 9.17) is 0 Å². The highest BCUT2D eigenvalue weighted by atomic mass is 14.1. The Bertz CT molecular complexity index is 280. The highest BCUT2D eigenvalue weighted by molar-refractivity contribution is 5.05. The number of allylic oxidation sites excluding steroid dienone is 5. The fourth-order valence-electron chi connectivity index (χ4n) is 1.89. The summed E-state index contributed by atoms with van der Waals surface area (Å²) in [5, 5.41) is 0. The lowest BCUT2D eigenvalue weighted by molar-refractivity contribution is 0.668. The molecule has 0 nitrogen and oxygen atoms in total. The third-order valence-corrected chi connectivity index (χ3v) is 3.07. The Kier molecular flexibility index (Phi) is 17.0. The maximum absolute atomic E-state index is 3.94. The van der Waals surface area contributed by atoms with Gasteiger partial charge in [0.05, 0.1) is 0 Å². The SMILES string of the molecule is C=CC(C)CC(=CCC)CCCC(=C)C.C=CCCC. The summed E-state index contributed by atoms with van der Waals surface area (Å²) in [5.41, 5.74) is 2.88. The fourth-order valence-corrected chi connectivity index (χ4v) is 1.89. The maximum Gasteiger partial charge on any atom is -0.0227 e. The molecule has 0 heteroatoms. The molecule has 0 aromatic rings. The quantitative estimate of drug-likeness (QED) is 0.368. The van der Waals surface area contributed by atoms with Gasteiger partial charge in [-0.05, 0) is 51.4 Å². The molecule has 0 spiro atoms. The van der Waals surface area contributed by atoms with Crippen molar-refractivity contribution in [2.75, 3.05) is 0 Å². The summed E-state index contributed by atoms with van der Waals surface area (Å²) in [6.07, 6.45) is 14.7. The molecular weight excluding hydrogens is 240 g/mol. The van der Waals surface area contributed by atoms with Gasteiger partial charge in [0.15, 0.2) is 0 Å². The van der Waals surface area contributed by atoms with E-state index in [1.54, 1.807) is 5.57 Å². The summed E-state index contributed by atoms with van der Waals surface area (Å²) in [5.74, 6) is 0.604. The van der Waals surface area contributed by atoms with Crippen LogP contribution in [0.5, 0.6) is 0 Å². The van der Waals surface area contributed by atoms with Gasteiger partial charge in [-0.1, -0.05) is 56.6 Å². The molecule has 0 aliphatic heterocycles. The van der Waals surface area contributed by atoms with Crippen LogP contribution in [0.4, 0.5) is 0 Å². The molecule has 0 aliphatic rings. The molecule has 0 radical (unpaired) electrons. The van der Waals surface area contributed by atoms with Crippen LogP contribution in [0.2, 0.25) is 0 Å². The Morgan fingerprint density at radius 3 is 2.15 bits per heavy atom. The topological polar surface area (TPSA) is 0 Å². The lowest BCUT2D eigenvalue weighted by Crippen LogP contribution is -1.94. The van der Waals surface area contributed by atoms with E-state index < -0.39 is 0 Å².